The smallest absolute Gasteiger partial charge is 0.326 e. The molecular formula is C24H23NO5S. The van der Waals surface area contributed by atoms with Crippen molar-refractivity contribution < 1.29 is 22.7 Å². The van der Waals surface area contributed by atoms with E-state index in [0.717, 1.165) is 5.56 Å². The van der Waals surface area contributed by atoms with E-state index in [1.807, 2.05) is 37.3 Å². The Kier molecular flexibility index (Phi) is 5.80. The van der Waals surface area contributed by atoms with Gasteiger partial charge in [0.1, 0.15) is 17.5 Å². The lowest BCUT2D eigenvalue weighted by atomic mass is 10.1. The molecule has 31 heavy (non-hydrogen) atoms. The minimum Gasteiger partial charge on any atom is -0.465 e. The van der Waals surface area contributed by atoms with Gasteiger partial charge in [-0.3, -0.25) is 4.79 Å². The first-order valence-corrected chi connectivity index (χ1v) is 11.5. The maximum Gasteiger partial charge on any atom is 0.326 e. The van der Waals surface area contributed by atoms with Crippen LogP contribution in [0.2, 0.25) is 0 Å². The number of esters is 1. The van der Waals surface area contributed by atoms with Crippen molar-refractivity contribution in [3.63, 3.8) is 0 Å². The summed E-state index contributed by atoms with van der Waals surface area (Å²) in [6, 6.07) is 21.4. The molecule has 160 valence electrons. The van der Waals surface area contributed by atoms with Gasteiger partial charge in [-0.25, -0.2) is 8.42 Å². The zero-order chi connectivity index (χ0) is 22.0. The fourth-order valence-electron chi connectivity index (χ4n) is 3.52. The zero-order valence-corrected chi connectivity index (χ0v) is 18.1. The first-order chi connectivity index (χ1) is 14.9. The lowest BCUT2D eigenvalue weighted by Gasteiger charge is -2.09. The van der Waals surface area contributed by atoms with Gasteiger partial charge in [0.2, 0.25) is 10.0 Å². The summed E-state index contributed by atoms with van der Waals surface area (Å²) in [5.41, 5.74) is 1.62. The van der Waals surface area contributed by atoms with Gasteiger partial charge in [0.25, 0.3) is 0 Å². The van der Waals surface area contributed by atoms with Crippen LogP contribution >= 0.6 is 0 Å². The van der Waals surface area contributed by atoms with Crippen molar-refractivity contribution in [3.05, 3.63) is 90.0 Å². The largest absolute Gasteiger partial charge is 0.465 e. The summed E-state index contributed by atoms with van der Waals surface area (Å²) >= 11 is 0. The molecule has 0 aliphatic carbocycles. The summed E-state index contributed by atoms with van der Waals surface area (Å²) in [4.78, 5) is 12.7. The zero-order valence-electron chi connectivity index (χ0n) is 17.3. The standard InChI is InChI=1S/C24H23NO5S/c1-3-29-24(26)23-22(25(23)31(27,28)21-14-12-17(2)13-15-21)18-8-7-11-20(16-18)30-19-9-5-4-6-10-19/h4-16,22-23H,3H2,1-2H3/t22-,23+,25?/m0/s1. The van der Waals surface area contributed by atoms with Crippen LogP contribution in [0.1, 0.15) is 24.1 Å². The van der Waals surface area contributed by atoms with Gasteiger partial charge in [0, 0.05) is 0 Å². The van der Waals surface area contributed by atoms with E-state index >= 15 is 0 Å². The van der Waals surface area contributed by atoms with Crippen molar-refractivity contribution in [1.82, 2.24) is 4.31 Å². The van der Waals surface area contributed by atoms with Crippen LogP contribution in [0.25, 0.3) is 0 Å². The summed E-state index contributed by atoms with van der Waals surface area (Å²) in [5, 5.41) is 0. The predicted molar refractivity (Wildman–Crippen MR) is 116 cm³/mol. The highest BCUT2D eigenvalue weighted by Crippen LogP contribution is 2.49. The molecule has 0 aromatic heterocycles. The molecule has 0 bridgehead atoms. The van der Waals surface area contributed by atoms with Gasteiger partial charge in [0.15, 0.2) is 0 Å². The highest BCUT2D eigenvalue weighted by Gasteiger charge is 2.61. The molecule has 3 aromatic rings. The van der Waals surface area contributed by atoms with Gasteiger partial charge >= 0.3 is 5.97 Å². The third-order valence-corrected chi connectivity index (χ3v) is 6.94. The van der Waals surface area contributed by atoms with Crippen LogP contribution < -0.4 is 4.74 Å². The number of ether oxygens (including phenoxy) is 2. The number of hydrogen-bond donors (Lipinski definition) is 0. The molecule has 0 N–H and O–H groups in total. The topological polar surface area (TPSA) is 72.7 Å². The van der Waals surface area contributed by atoms with Crippen LogP contribution in [-0.2, 0) is 19.6 Å². The molecule has 1 saturated heterocycles. The van der Waals surface area contributed by atoms with Gasteiger partial charge < -0.3 is 9.47 Å². The molecule has 0 amide bonds. The molecule has 0 spiro atoms. The van der Waals surface area contributed by atoms with Crippen LogP contribution in [-0.4, -0.2) is 31.3 Å². The summed E-state index contributed by atoms with van der Waals surface area (Å²) in [7, 11) is -3.87. The molecule has 1 aliphatic rings. The highest BCUT2D eigenvalue weighted by molar-refractivity contribution is 7.89. The van der Waals surface area contributed by atoms with E-state index in [1.54, 1.807) is 55.5 Å². The number of nitrogens with zero attached hydrogens (tertiary/aromatic N) is 1. The Morgan fingerprint density at radius 3 is 2.29 bits per heavy atom. The van der Waals surface area contributed by atoms with Gasteiger partial charge in [-0.1, -0.05) is 48.0 Å². The monoisotopic (exact) mass is 437 g/mol. The second kappa shape index (κ2) is 8.53. The SMILES string of the molecule is CCOC(=O)[C@H]1[C@H](c2cccc(Oc3ccccc3)c2)N1S(=O)(=O)c1ccc(C)cc1. The Morgan fingerprint density at radius 2 is 1.61 bits per heavy atom. The molecule has 1 fully saturated rings. The van der Waals surface area contributed by atoms with Gasteiger partial charge in [0.05, 0.1) is 17.5 Å². The van der Waals surface area contributed by atoms with E-state index < -0.39 is 28.1 Å². The lowest BCUT2D eigenvalue weighted by Crippen LogP contribution is -2.21. The van der Waals surface area contributed by atoms with E-state index in [4.69, 9.17) is 9.47 Å². The second-order valence-corrected chi connectivity index (χ2v) is 9.12. The van der Waals surface area contributed by atoms with Crippen molar-refractivity contribution in [1.29, 1.82) is 0 Å². The average molecular weight is 438 g/mol. The molecule has 1 heterocycles. The van der Waals surface area contributed by atoms with Crippen molar-refractivity contribution in [3.8, 4) is 11.5 Å². The Morgan fingerprint density at radius 1 is 0.935 bits per heavy atom. The fourth-order valence-corrected chi connectivity index (χ4v) is 5.22. The van der Waals surface area contributed by atoms with Crippen LogP contribution in [0.4, 0.5) is 0 Å². The lowest BCUT2D eigenvalue weighted by molar-refractivity contribution is -0.143. The number of benzene rings is 3. The van der Waals surface area contributed by atoms with E-state index in [0.29, 0.717) is 17.1 Å². The number of carbonyl (C=O) groups excluding carboxylic acids is 1. The highest BCUT2D eigenvalue weighted by atomic mass is 32.2. The molecule has 1 aliphatic heterocycles. The average Bonchev–Trinajstić information content (AvgIpc) is 3.52. The normalized spacial score (nSPS) is 20.1. The van der Waals surface area contributed by atoms with Gasteiger partial charge in [-0.15, -0.1) is 0 Å². The Balaban J connectivity index is 1.66. The number of aryl methyl sites for hydroxylation is 1. The maximum absolute atomic E-state index is 13.3. The van der Waals surface area contributed by atoms with Crippen LogP contribution in [0, 0.1) is 6.92 Å². The molecule has 6 nitrogen and oxygen atoms in total. The second-order valence-electron chi connectivity index (χ2n) is 7.28. The van der Waals surface area contributed by atoms with Crippen LogP contribution in [0.5, 0.6) is 11.5 Å². The minimum atomic E-state index is -3.87. The Hall–Kier alpha value is -3.16. The van der Waals surface area contributed by atoms with Crippen molar-refractivity contribution >= 4 is 16.0 Å². The minimum absolute atomic E-state index is 0.145. The van der Waals surface area contributed by atoms with E-state index in [1.165, 1.54) is 4.31 Å². The van der Waals surface area contributed by atoms with Gasteiger partial charge in [-0.2, -0.15) is 4.31 Å². The van der Waals surface area contributed by atoms with Crippen LogP contribution in [0.3, 0.4) is 0 Å². The fraction of sp³-hybridized carbons (Fsp3) is 0.208. The van der Waals surface area contributed by atoms with Crippen LogP contribution in [0.15, 0.2) is 83.8 Å². The molecule has 3 aromatic carbocycles. The molecular weight excluding hydrogens is 414 g/mol. The summed E-state index contributed by atoms with van der Waals surface area (Å²) in [6.07, 6.45) is 0. The van der Waals surface area contributed by atoms with E-state index in [9.17, 15) is 13.2 Å². The quantitative estimate of drug-likeness (QED) is 0.403. The predicted octanol–water partition coefficient (Wildman–Crippen LogP) is 4.46. The molecule has 0 saturated carbocycles. The first-order valence-electron chi connectivity index (χ1n) is 10.0. The third kappa shape index (κ3) is 4.33. The molecule has 1 unspecified atom stereocenters. The summed E-state index contributed by atoms with van der Waals surface area (Å²) < 4.78 is 38.8. The molecule has 4 rings (SSSR count). The first kappa shape index (κ1) is 21.1. The number of hydrogen-bond acceptors (Lipinski definition) is 5. The Bertz CT molecular complexity index is 1180. The summed E-state index contributed by atoms with van der Waals surface area (Å²) in [5.74, 6) is 0.671. The third-order valence-electron chi connectivity index (χ3n) is 5.06. The number of sulfonamides is 1. The van der Waals surface area contributed by atoms with Crippen molar-refractivity contribution in [2.75, 3.05) is 6.61 Å². The molecule has 0 radical (unpaired) electrons. The number of rotatable bonds is 7. The summed E-state index contributed by atoms with van der Waals surface area (Å²) in [6.45, 7) is 3.76. The molecule has 3 atom stereocenters. The van der Waals surface area contributed by atoms with E-state index in [2.05, 4.69) is 0 Å². The maximum atomic E-state index is 13.3. The number of carbonyl (C=O) groups is 1. The van der Waals surface area contributed by atoms with Gasteiger partial charge in [-0.05, 0) is 55.8 Å². The Labute approximate surface area is 182 Å². The van der Waals surface area contributed by atoms with Crippen molar-refractivity contribution in [2.45, 2.75) is 30.8 Å². The van der Waals surface area contributed by atoms with Crippen molar-refractivity contribution in [2.24, 2.45) is 0 Å². The van der Waals surface area contributed by atoms with E-state index in [-0.39, 0.29) is 11.5 Å². The molecule has 7 heteroatoms. The number of para-hydroxylation sites is 1.